The van der Waals surface area contributed by atoms with Crippen LogP contribution in [0.15, 0.2) is 72.9 Å². The summed E-state index contributed by atoms with van der Waals surface area (Å²) < 4.78 is 16.7. The van der Waals surface area contributed by atoms with Gasteiger partial charge in [-0.3, -0.25) is 14.4 Å². The first-order valence-electron chi connectivity index (χ1n) is 24.9. The molecular weight excluding hydrogens is 745 g/mol. The standard InChI is InChI=1S/C54H92O6/c1-4-7-10-13-16-19-22-25-27-30-32-35-38-41-44-47-53(56)59-50-51(49-58-52(55)46-43-40-37-34-31-28-24-21-18-15-12-9-6-3)60-54(57)48-45-42-39-36-33-29-26-23-20-17-14-11-8-5-2/h7,9-10,12,16,18-19,21,25,27-28,31,51H,4-6,8,11,13-15,17,20,22-24,26,29-30,32-50H2,1-3H3/b10-7-,12-9-,19-16-,21-18-,27-25-,31-28-. The Labute approximate surface area is 370 Å². The molecular formula is C54H92O6. The molecule has 344 valence electrons. The minimum Gasteiger partial charge on any atom is -0.462 e. The van der Waals surface area contributed by atoms with Crippen LogP contribution in [0.3, 0.4) is 0 Å². The van der Waals surface area contributed by atoms with Crippen molar-refractivity contribution in [2.75, 3.05) is 13.2 Å². The van der Waals surface area contributed by atoms with Crippen molar-refractivity contribution in [1.82, 2.24) is 0 Å². The topological polar surface area (TPSA) is 78.9 Å². The van der Waals surface area contributed by atoms with Crippen molar-refractivity contribution in [2.24, 2.45) is 0 Å². The molecule has 0 saturated carbocycles. The molecule has 0 spiro atoms. The van der Waals surface area contributed by atoms with E-state index >= 15 is 0 Å². The van der Waals surface area contributed by atoms with Gasteiger partial charge >= 0.3 is 17.9 Å². The van der Waals surface area contributed by atoms with Crippen molar-refractivity contribution >= 4 is 17.9 Å². The van der Waals surface area contributed by atoms with Crippen LogP contribution in [-0.4, -0.2) is 37.2 Å². The molecule has 0 amide bonds. The van der Waals surface area contributed by atoms with Crippen LogP contribution in [0.1, 0.15) is 233 Å². The highest BCUT2D eigenvalue weighted by molar-refractivity contribution is 5.71. The van der Waals surface area contributed by atoms with Crippen LogP contribution < -0.4 is 0 Å². The van der Waals surface area contributed by atoms with E-state index in [9.17, 15) is 14.4 Å². The largest absolute Gasteiger partial charge is 0.462 e. The van der Waals surface area contributed by atoms with Crippen LogP contribution in [0.5, 0.6) is 0 Å². The van der Waals surface area contributed by atoms with Gasteiger partial charge in [-0.1, -0.05) is 203 Å². The maximum atomic E-state index is 12.8. The van der Waals surface area contributed by atoms with Gasteiger partial charge in [0.05, 0.1) is 0 Å². The van der Waals surface area contributed by atoms with E-state index in [2.05, 4.69) is 93.7 Å². The Balaban J connectivity index is 4.44. The normalized spacial score (nSPS) is 12.7. The van der Waals surface area contributed by atoms with Gasteiger partial charge in [-0.05, 0) is 83.5 Å². The average Bonchev–Trinajstić information content (AvgIpc) is 3.24. The second-order valence-corrected chi connectivity index (χ2v) is 16.3. The Bertz CT molecular complexity index is 1140. The Morgan fingerprint density at radius 3 is 1.03 bits per heavy atom. The number of ether oxygens (including phenoxy) is 3. The third-order valence-corrected chi connectivity index (χ3v) is 10.5. The number of allylic oxidation sites excluding steroid dienone is 12. The zero-order valence-corrected chi connectivity index (χ0v) is 39.2. The molecule has 0 rings (SSSR count). The van der Waals surface area contributed by atoms with Gasteiger partial charge in [0.2, 0.25) is 0 Å². The third kappa shape index (κ3) is 45.9. The van der Waals surface area contributed by atoms with Crippen molar-refractivity contribution in [2.45, 2.75) is 239 Å². The second-order valence-electron chi connectivity index (χ2n) is 16.3. The van der Waals surface area contributed by atoms with Crippen LogP contribution in [0, 0.1) is 0 Å². The van der Waals surface area contributed by atoms with E-state index in [4.69, 9.17) is 14.2 Å². The molecule has 6 heteroatoms. The highest BCUT2D eigenvalue weighted by atomic mass is 16.6. The quantitative estimate of drug-likeness (QED) is 0.0263. The summed E-state index contributed by atoms with van der Waals surface area (Å²) in [6.45, 7) is 6.37. The van der Waals surface area contributed by atoms with Gasteiger partial charge in [-0.2, -0.15) is 0 Å². The van der Waals surface area contributed by atoms with Gasteiger partial charge in [-0.25, -0.2) is 0 Å². The Morgan fingerprint density at radius 1 is 0.350 bits per heavy atom. The molecule has 60 heavy (non-hydrogen) atoms. The predicted octanol–water partition coefficient (Wildman–Crippen LogP) is 16.3. The highest BCUT2D eigenvalue weighted by Gasteiger charge is 2.19. The number of hydrogen-bond donors (Lipinski definition) is 0. The summed E-state index contributed by atoms with van der Waals surface area (Å²) in [6.07, 6.45) is 60.3. The molecule has 0 N–H and O–H groups in total. The van der Waals surface area contributed by atoms with E-state index in [-0.39, 0.29) is 31.1 Å². The summed E-state index contributed by atoms with van der Waals surface area (Å²) in [7, 11) is 0. The van der Waals surface area contributed by atoms with Gasteiger partial charge in [0.1, 0.15) is 13.2 Å². The van der Waals surface area contributed by atoms with E-state index in [1.165, 1.54) is 70.6 Å². The molecule has 0 aromatic heterocycles. The van der Waals surface area contributed by atoms with Crippen molar-refractivity contribution in [3.05, 3.63) is 72.9 Å². The van der Waals surface area contributed by atoms with Gasteiger partial charge in [0.15, 0.2) is 6.10 Å². The molecule has 0 aliphatic rings. The second kappa shape index (κ2) is 48.5. The summed E-state index contributed by atoms with van der Waals surface area (Å²) in [5.41, 5.74) is 0. The minimum atomic E-state index is -0.791. The SMILES string of the molecule is CC/C=C\C/C=C\C/C=C\CCCCCCCC(=O)OCC(COC(=O)CCCCC/C=C\C/C=C\C/C=C\CC)OC(=O)CCCCCCCCCCCCCCCC. The van der Waals surface area contributed by atoms with Crippen LogP contribution in [0.4, 0.5) is 0 Å². The number of carbonyl (C=O) groups excluding carboxylic acids is 3. The fraction of sp³-hybridized carbons (Fsp3) is 0.722. The molecule has 0 saturated heterocycles. The predicted molar refractivity (Wildman–Crippen MR) is 256 cm³/mol. The number of carbonyl (C=O) groups is 3. The fourth-order valence-corrected chi connectivity index (χ4v) is 6.76. The smallest absolute Gasteiger partial charge is 0.306 e. The molecule has 0 aromatic rings. The maximum absolute atomic E-state index is 12.8. The molecule has 0 aliphatic carbocycles. The van der Waals surface area contributed by atoms with Crippen LogP contribution >= 0.6 is 0 Å². The molecule has 6 nitrogen and oxygen atoms in total. The van der Waals surface area contributed by atoms with Crippen LogP contribution in [-0.2, 0) is 28.6 Å². The zero-order valence-electron chi connectivity index (χ0n) is 39.2. The Morgan fingerprint density at radius 2 is 0.650 bits per heavy atom. The molecule has 1 atom stereocenters. The van der Waals surface area contributed by atoms with E-state index in [0.717, 1.165) is 122 Å². The molecule has 0 radical (unpaired) electrons. The van der Waals surface area contributed by atoms with Crippen molar-refractivity contribution in [3.8, 4) is 0 Å². The lowest BCUT2D eigenvalue weighted by atomic mass is 10.0. The maximum Gasteiger partial charge on any atom is 0.306 e. The average molecular weight is 837 g/mol. The van der Waals surface area contributed by atoms with E-state index in [1.807, 2.05) is 0 Å². The molecule has 0 fully saturated rings. The van der Waals surface area contributed by atoms with E-state index in [0.29, 0.717) is 19.3 Å². The van der Waals surface area contributed by atoms with Crippen LogP contribution in [0.2, 0.25) is 0 Å². The molecule has 0 aliphatic heterocycles. The first-order chi connectivity index (χ1) is 29.5. The summed E-state index contributed by atoms with van der Waals surface area (Å²) >= 11 is 0. The first-order valence-corrected chi connectivity index (χ1v) is 24.9. The van der Waals surface area contributed by atoms with Gasteiger partial charge in [0.25, 0.3) is 0 Å². The Hall–Kier alpha value is -3.15. The summed E-state index contributed by atoms with van der Waals surface area (Å²) in [4.78, 5) is 37.9. The summed E-state index contributed by atoms with van der Waals surface area (Å²) in [6, 6.07) is 0. The van der Waals surface area contributed by atoms with Crippen molar-refractivity contribution in [1.29, 1.82) is 0 Å². The number of rotatable bonds is 44. The molecule has 1 unspecified atom stereocenters. The fourth-order valence-electron chi connectivity index (χ4n) is 6.76. The molecule has 0 bridgehead atoms. The first kappa shape index (κ1) is 56.9. The minimum absolute atomic E-state index is 0.0927. The monoisotopic (exact) mass is 837 g/mol. The summed E-state index contributed by atoms with van der Waals surface area (Å²) in [5, 5.41) is 0. The van der Waals surface area contributed by atoms with E-state index < -0.39 is 6.10 Å². The number of hydrogen-bond acceptors (Lipinski definition) is 6. The zero-order chi connectivity index (χ0) is 43.7. The lowest BCUT2D eigenvalue weighted by molar-refractivity contribution is -0.167. The van der Waals surface area contributed by atoms with Crippen molar-refractivity contribution < 1.29 is 28.6 Å². The highest BCUT2D eigenvalue weighted by Crippen LogP contribution is 2.15. The van der Waals surface area contributed by atoms with Crippen molar-refractivity contribution in [3.63, 3.8) is 0 Å². The van der Waals surface area contributed by atoms with Gasteiger partial charge in [-0.15, -0.1) is 0 Å². The number of esters is 3. The third-order valence-electron chi connectivity index (χ3n) is 10.5. The summed E-state index contributed by atoms with van der Waals surface area (Å²) in [5.74, 6) is -0.936. The molecule has 0 heterocycles. The van der Waals surface area contributed by atoms with Crippen LogP contribution in [0.25, 0.3) is 0 Å². The Kier molecular flexibility index (Phi) is 46.0. The lowest BCUT2D eigenvalue weighted by Crippen LogP contribution is -2.30. The van der Waals surface area contributed by atoms with Gasteiger partial charge < -0.3 is 14.2 Å². The van der Waals surface area contributed by atoms with Gasteiger partial charge in [0, 0.05) is 19.3 Å². The number of unbranched alkanes of at least 4 members (excludes halogenated alkanes) is 21. The van der Waals surface area contributed by atoms with E-state index in [1.54, 1.807) is 0 Å². The molecule has 0 aromatic carbocycles. The lowest BCUT2D eigenvalue weighted by Gasteiger charge is -2.18.